The summed E-state index contributed by atoms with van der Waals surface area (Å²) < 4.78 is 71.5. The maximum atomic E-state index is 13.0. The van der Waals surface area contributed by atoms with Crippen molar-refractivity contribution < 1.29 is 31.4 Å². The molecule has 1 fully saturated rings. The van der Waals surface area contributed by atoms with E-state index in [0.717, 1.165) is 6.92 Å². The summed E-state index contributed by atoms with van der Waals surface area (Å²) in [4.78, 5) is 0. The highest BCUT2D eigenvalue weighted by Crippen LogP contribution is 2.56. The molecule has 96 valence electrons. The van der Waals surface area contributed by atoms with Crippen LogP contribution in [0.4, 0.5) is 22.0 Å². The van der Waals surface area contributed by atoms with E-state index in [9.17, 15) is 22.0 Å². The molecule has 0 aromatic heterocycles. The van der Waals surface area contributed by atoms with Gasteiger partial charge < -0.3 is 9.47 Å². The molecule has 2 unspecified atom stereocenters. The van der Waals surface area contributed by atoms with E-state index >= 15 is 0 Å². The molecule has 0 aromatic carbocycles. The number of hydrogen-bond donors (Lipinski definition) is 0. The van der Waals surface area contributed by atoms with Gasteiger partial charge in [-0.05, 0) is 13.8 Å². The van der Waals surface area contributed by atoms with Crippen LogP contribution in [0, 0.1) is 0 Å². The van der Waals surface area contributed by atoms with E-state index in [1.165, 1.54) is 0 Å². The van der Waals surface area contributed by atoms with E-state index in [1.807, 2.05) is 0 Å². The van der Waals surface area contributed by atoms with Gasteiger partial charge >= 0.3 is 12.1 Å². The first kappa shape index (κ1) is 13.6. The molecule has 16 heavy (non-hydrogen) atoms. The molecule has 1 rings (SSSR count). The molecule has 0 aromatic rings. The Bertz CT molecular complexity index is 253. The molecule has 0 N–H and O–H groups in total. The lowest BCUT2D eigenvalue weighted by Gasteiger charge is -2.23. The highest BCUT2D eigenvalue weighted by molar-refractivity contribution is 5.11. The SMILES string of the molecule is CCOCCC1OC1(C)C(F)(F)C(F)(F)F. The Morgan fingerprint density at radius 3 is 2.25 bits per heavy atom. The number of alkyl halides is 5. The smallest absolute Gasteiger partial charge is 0.382 e. The van der Waals surface area contributed by atoms with E-state index in [4.69, 9.17) is 4.74 Å². The van der Waals surface area contributed by atoms with Crippen LogP contribution < -0.4 is 0 Å². The third-order valence-corrected chi connectivity index (χ3v) is 2.65. The van der Waals surface area contributed by atoms with Crippen LogP contribution in [0.3, 0.4) is 0 Å². The fraction of sp³-hybridized carbons (Fsp3) is 1.00. The number of rotatable bonds is 5. The molecular weight excluding hydrogens is 235 g/mol. The average Bonchev–Trinajstić information content (AvgIpc) is 2.78. The van der Waals surface area contributed by atoms with Crippen LogP contribution in [-0.4, -0.2) is 37.0 Å². The second-order valence-corrected chi connectivity index (χ2v) is 3.77. The zero-order chi connectivity index (χ0) is 12.6. The molecule has 1 heterocycles. The van der Waals surface area contributed by atoms with E-state index in [2.05, 4.69) is 4.74 Å². The molecular formula is C9H13F5O2. The minimum absolute atomic E-state index is 0.0377. The summed E-state index contributed by atoms with van der Waals surface area (Å²) in [6, 6.07) is 0. The van der Waals surface area contributed by atoms with Gasteiger partial charge in [0.15, 0.2) is 5.60 Å². The molecule has 0 spiro atoms. The number of halogens is 5. The van der Waals surface area contributed by atoms with Crippen molar-refractivity contribution in [1.82, 2.24) is 0 Å². The van der Waals surface area contributed by atoms with Gasteiger partial charge in [-0.3, -0.25) is 0 Å². The van der Waals surface area contributed by atoms with Gasteiger partial charge in [0.05, 0.1) is 6.10 Å². The molecule has 2 atom stereocenters. The zero-order valence-corrected chi connectivity index (χ0v) is 8.90. The molecule has 7 heteroatoms. The van der Waals surface area contributed by atoms with Crippen LogP contribution in [0.15, 0.2) is 0 Å². The van der Waals surface area contributed by atoms with Crippen LogP contribution in [0.2, 0.25) is 0 Å². The topological polar surface area (TPSA) is 21.8 Å². The maximum Gasteiger partial charge on any atom is 0.456 e. The molecule has 1 aliphatic rings. The van der Waals surface area contributed by atoms with Crippen LogP contribution in [0.1, 0.15) is 20.3 Å². The van der Waals surface area contributed by atoms with Crippen LogP contribution in [-0.2, 0) is 9.47 Å². The quantitative estimate of drug-likeness (QED) is 0.424. The average molecular weight is 248 g/mol. The summed E-state index contributed by atoms with van der Waals surface area (Å²) in [7, 11) is 0. The van der Waals surface area contributed by atoms with Gasteiger partial charge in [-0.15, -0.1) is 0 Å². The predicted molar refractivity (Wildman–Crippen MR) is 45.4 cm³/mol. The van der Waals surface area contributed by atoms with Gasteiger partial charge in [-0.1, -0.05) is 0 Å². The van der Waals surface area contributed by atoms with E-state index < -0.39 is 23.8 Å². The summed E-state index contributed by atoms with van der Waals surface area (Å²) in [6.45, 7) is 2.98. The summed E-state index contributed by atoms with van der Waals surface area (Å²) in [6.07, 6.45) is -6.64. The lowest BCUT2D eigenvalue weighted by molar-refractivity contribution is -0.303. The van der Waals surface area contributed by atoms with Gasteiger partial charge in [0, 0.05) is 19.6 Å². The minimum Gasteiger partial charge on any atom is -0.382 e. The van der Waals surface area contributed by atoms with Gasteiger partial charge in [0.2, 0.25) is 0 Å². The Labute approximate surface area is 89.7 Å². The van der Waals surface area contributed by atoms with Gasteiger partial charge in [0.25, 0.3) is 0 Å². The normalized spacial score (nSPS) is 30.6. The van der Waals surface area contributed by atoms with Gasteiger partial charge in [0.1, 0.15) is 0 Å². The largest absolute Gasteiger partial charge is 0.456 e. The van der Waals surface area contributed by atoms with Crippen molar-refractivity contribution in [1.29, 1.82) is 0 Å². The molecule has 0 saturated carbocycles. The highest BCUT2D eigenvalue weighted by Gasteiger charge is 2.78. The standard InChI is InChI=1S/C9H13F5O2/c1-3-15-5-4-6-7(2,16-6)8(10,11)9(12,13)14/h6H,3-5H2,1-2H3. The van der Waals surface area contributed by atoms with E-state index in [1.54, 1.807) is 6.92 Å². The molecule has 0 aliphatic carbocycles. The second-order valence-electron chi connectivity index (χ2n) is 3.77. The predicted octanol–water partition coefficient (Wildman–Crippen LogP) is 2.77. The molecule has 0 amide bonds. The molecule has 0 radical (unpaired) electrons. The first-order valence-electron chi connectivity index (χ1n) is 4.87. The number of epoxide rings is 1. The van der Waals surface area contributed by atoms with Crippen molar-refractivity contribution in [2.45, 2.75) is 44.1 Å². The van der Waals surface area contributed by atoms with Crippen molar-refractivity contribution in [2.75, 3.05) is 13.2 Å². The maximum absolute atomic E-state index is 13.0. The zero-order valence-electron chi connectivity index (χ0n) is 8.90. The van der Waals surface area contributed by atoms with Crippen LogP contribution >= 0.6 is 0 Å². The van der Waals surface area contributed by atoms with E-state index in [-0.39, 0.29) is 13.0 Å². The number of hydrogen-bond acceptors (Lipinski definition) is 2. The second kappa shape index (κ2) is 4.10. The van der Waals surface area contributed by atoms with Gasteiger partial charge in [-0.2, -0.15) is 22.0 Å². The summed E-state index contributed by atoms with van der Waals surface area (Å²) in [5.74, 6) is -4.82. The third-order valence-electron chi connectivity index (χ3n) is 2.65. The molecule has 1 saturated heterocycles. The Balaban J connectivity index is 2.56. The lowest BCUT2D eigenvalue weighted by atomic mass is 9.97. The third kappa shape index (κ3) is 2.15. The van der Waals surface area contributed by atoms with Crippen LogP contribution in [0.5, 0.6) is 0 Å². The Kier molecular flexibility index (Phi) is 3.50. The molecule has 2 nitrogen and oxygen atoms in total. The lowest BCUT2D eigenvalue weighted by Crippen LogP contribution is -2.49. The minimum atomic E-state index is -5.58. The fourth-order valence-electron chi connectivity index (χ4n) is 1.49. The van der Waals surface area contributed by atoms with E-state index in [0.29, 0.717) is 6.61 Å². The van der Waals surface area contributed by atoms with Crippen molar-refractivity contribution in [3.8, 4) is 0 Å². The molecule has 1 aliphatic heterocycles. The van der Waals surface area contributed by atoms with Crippen LogP contribution in [0.25, 0.3) is 0 Å². The fourth-order valence-corrected chi connectivity index (χ4v) is 1.49. The Morgan fingerprint density at radius 1 is 1.25 bits per heavy atom. The van der Waals surface area contributed by atoms with Crippen molar-refractivity contribution in [3.05, 3.63) is 0 Å². The summed E-state index contributed by atoms with van der Waals surface area (Å²) in [5, 5.41) is 0. The Morgan fingerprint density at radius 2 is 1.81 bits per heavy atom. The summed E-state index contributed by atoms with van der Waals surface area (Å²) >= 11 is 0. The van der Waals surface area contributed by atoms with Crippen molar-refractivity contribution in [3.63, 3.8) is 0 Å². The Hall–Kier alpha value is -0.430. The van der Waals surface area contributed by atoms with Crippen molar-refractivity contribution >= 4 is 0 Å². The highest BCUT2D eigenvalue weighted by atomic mass is 19.4. The molecule has 0 bridgehead atoms. The van der Waals surface area contributed by atoms with Gasteiger partial charge in [-0.25, -0.2) is 0 Å². The first-order valence-corrected chi connectivity index (χ1v) is 4.87. The van der Waals surface area contributed by atoms with Crippen molar-refractivity contribution in [2.24, 2.45) is 0 Å². The number of ether oxygens (including phenoxy) is 2. The summed E-state index contributed by atoms with van der Waals surface area (Å²) in [5.41, 5.74) is -2.44. The monoisotopic (exact) mass is 248 g/mol. The first-order chi connectivity index (χ1) is 7.17.